The second-order valence-corrected chi connectivity index (χ2v) is 4.91. The van der Waals surface area contributed by atoms with E-state index in [1.807, 2.05) is 36.5 Å². The van der Waals surface area contributed by atoms with Crippen molar-refractivity contribution < 1.29 is 30.5 Å². The molecule has 0 bridgehead atoms. The molecule has 3 aromatic rings. The van der Waals surface area contributed by atoms with Gasteiger partial charge in [0.1, 0.15) is 17.2 Å². The number of aromatic nitrogens is 1. The summed E-state index contributed by atoms with van der Waals surface area (Å²) < 4.78 is 28.3. The van der Waals surface area contributed by atoms with E-state index in [4.69, 9.17) is 0 Å². The maximum atomic E-state index is 13.6. The summed E-state index contributed by atoms with van der Waals surface area (Å²) in [4.78, 5) is 12.2. The van der Waals surface area contributed by atoms with Gasteiger partial charge in [0.15, 0.2) is 12.4 Å². The fourth-order valence-electron chi connectivity index (χ4n) is 2.16. The number of halogens is 3. The monoisotopic (exact) mass is 346 g/mol. The minimum Gasteiger partial charge on any atom is -1.00 e. The SMILES string of the molecule is O=C(Nc1ccc(F)cc1F)c1ccc[n+](-c2ccccc2)c1.[Cl-]. The number of hydrogen-bond donors (Lipinski definition) is 1. The van der Waals surface area contributed by atoms with Gasteiger partial charge in [-0.05, 0) is 18.2 Å². The Morgan fingerprint density at radius 3 is 2.42 bits per heavy atom. The van der Waals surface area contributed by atoms with Crippen LogP contribution >= 0.6 is 0 Å². The lowest BCUT2D eigenvalue weighted by atomic mass is 10.2. The van der Waals surface area contributed by atoms with Crippen LogP contribution in [0.3, 0.4) is 0 Å². The summed E-state index contributed by atoms with van der Waals surface area (Å²) in [7, 11) is 0. The van der Waals surface area contributed by atoms with Crippen LogP contribution in [0.2, 0.25) is 0 Å². The standard InChI is InChI=1S/C18H12F2N2O.ClH/c19-14-8-9-17(16(20)11-14)21-18(23)13-5-4-10-22(12-13)15-6-2-1-3-7-15;/h1-12H;1H. The molecule has 3 nitrogen and oxygen atoms in total. The minimum atomic E-state index is -0.815. The molecule has 122 valence electrons. The van der Waals surface area contributed by atoms with Gasteiger partial charge in [-0.25, -0.2) is 8.78 Å². The third kappa shape index (κ3) is 3.94. The van der Waals surface area contributed by atoms with Crippen molar-refractivity contribution in [2.45, 2.75) is 0 Å². The Balaban J connectivity index is 0.00000208. The van der Waals surface area contributed by atoms with E-state index in [1.54, 1.807) is 22.9 Å². The van der Waals surface area contributed by atoms with E-state index in [1.165, 1.54) is 6.07 Å². The molecule has 0 saturated heterocycles. The zero-order valence-electron chi connectivity index (χ0n) is 12.4. The van der Waals surface area contributed by atoms with Crippen molar-refractivity contribution in [3.05, 3.63) is 90.3 Å². The van der Waals surface area contributed by atoms with E-state index >= 15 is 0 Å². The van der Waals surface area contributed by atoms with Crippen molar-refractivity contribution in [3.63, 3.8) is 0 Å². The largest absolute Gasteiger partial charge is 1.00 e. The molecule has 1 N–H and O–H groups in total. The Bertz CT molecular complexity index is 857. The lowest BCUT2D eigenvalue weighted by Crippen LogP contribution is -3.00. The van der Waals surface area contributed by atoms with Crippen LogP contribution in [0.4, 0.5) is 14.5 Å². The van der Waals surface area contributed by atoms with Gasteiger partial charge in [-0.3, -0.25) is 4.79 Å². The molecule has 0 atom stereocenters. The summed E-state index contributed by atoms with van der Waals surface area (Å²) in [6.07, 6.45) is 3.46. The summed E-state index contributed by atoms with van der Waals surface area (Å²) in [6.45, 7) is 0. The van der Waals surface area contributed by atoms with Crippen LogP contribution in [0.15, 0.2) is 73.1 Å². The molecule has 3 rings (SSSR count). The van der Waals surface area contributed by atoms with E-state index in [2.05, 4.69) is 5.32 Å². The molecule has 0 saturated carbocycles. The third-order valence-electron chi connectivity index (χ3n) is 3.30. The van der Waals surface area contributed by atoms with Gasteiger partial charge in [-0.2, -0.15) is 4.57 Å². The van der Waals surface area contributed by atoms with E-state index in [-0.39, 0.29) is 18.1 Å². The first kappa shape index (κ1) is 17.6. The van der Waals surface area contributed by atoms with Crippen molar-refractivity contribution in [2.75, 3.05) is 5.32 Å². The highest BCUT2D eigenvalue weighted by atomic mass is 35.5. The van der Waals surface area contributed by atoms with Crippen LogP contribution in [0, 0.1) is 11.6 Å². The van der Waals surface area contributed by atoms with Gasteiger partial charge in [-0.1, -0.05) is 18.2 Å². The third-order valence-corrected chi connectivity index (χ3v) is 3.30. The summed E-state index contributed by atoms with van der Waals surface area (Å²) in [6, 6.07) is 15.8. The number of pyridine rings is 1. The molecule has 0 aliphatic heterocycles. The Hall–Kier alpha value is -2.79. The highest BCUT2D eigenvalue weighted by Gasteiger charge is 2.14. The zero-order valence-corrected chi connectivity index (χ0v) is 13.2. The zero-order chi connectivity index (χ0) is 16.2. The smallest absolute Gasteiger partial charge is 0.261 e. The van der Waals surface area contributed by atoms with E-state index in [0.29, 0.717) is 5.56 Å². The maximum absolute atomic E-state index is 13.6. The van der Waals surface area contributed by atoms with Gasteiger partial charge in [-0.15, -0.1) is 0 Å². The van der Waals surface area contributed by atoms with Crippen LogP contribution in [0.1, 0.15) is 10.4 Å². The average molecular weight is 347 g/mol. The van der Waals surface area contributed by atoms with Gasteiger partial charge >= 0.3 is 0 Å². The molecule has 0 aliphatic carbocycles. The quantitative estimate of drug-likeness (QED) is 0.688. The first-order chi connectivity index (χ1) is 11.1. The normalized spacial score (nSPS) is 9.92. The van der Waals surface area contributed by atoms with Crippen LogP contribution in [0.5, 0.6) is 0 Å². The number of carbonyl (C=O) groups is 1. The van der Waals surface area contributed by atoms with Crippen molar-refractivity contribution in [1.82, 2.24) is 0 Å². The molecule has 1 heterocycles. The van der Waals surface area contributed by atoms with Gasteiger partial charge in [0.25, 0.3) is 5.91 Å². The molecule has 0 spiro atoms. The second-order valence-electron chi connectivity index (χ2n) is 4.91. The maximum Gasteiger partial charge on any atom is 0.261 e. The van der Waals surface area contributed by atoms with Gasteiger partial charge in [0.05, 0.1) is 5.69 Å². The molecule has 24 heavy (non-hydrogen) atoms. The summed E-state index contributed by atoms with van der Waals surface area (Å²) in [5, 5.41) is 2.44. The van der Waals surface area contributed by atoms with Crippen LogP contribution in [0.25, 0.3) is 5.69 Å². The molecule has 1 amide bonds. The Morgan fingerprint density at radius 2 is 1.71 bits per heavy atom. The van der Waals surface area contributed by atoms with Crippen molar-refractivity contribution in [2.24, 2.45) is 0 Å². The van der Waals surface area contributed by atoms with E-state index in [9.17, 15) is 13.6 Å². The first-order valence-electron chi connectivity index (χ1n) is 6.96. The van der Waals surface area contributed by atoms with E-state index < -0.39 is 17.5 Å². The topological polar surface area (TPSA) is 33.0 Å². The van der Waals surface area contributed by atoms with Crippen molar-refractivity contribution >= 4 is 11.6 Å². The Labute approximate surface area is 144 Å². The predicted octanol–water partition coefficient (Wildman–Crippen LogP) is 0.498. The molecule has 6 heteroatoms. The fraction of sp³-hybridized carbons (Fsp3) is 0. The Kier molecular flexibility index (Phi) is 5.60. The number of para-hydroxylation sites is 1. The molecule has 0 radical (unpaired) electrons. The summed E-state index contributed by atoms with van der Waals surface area (Å²) >= 11 is 0. The van der Waals surface area contributed by atoms with Crippen molar-refractivity contribution in [1.29, 1.82) is 0 Å². The number of carbonyl (C=O) groups excluding carboxylic acids is 1. The highest BCUT2D eigenvalue weighted by molar-refractivity contribution is 6.03. The molecule has 0 aliphatic rings. The molecule has 0 fully saturated rings. The highest BCUT2D eigenvalue weighted by Crippen LogP contribution is 2.16. The van der Waals surface area contributed by atoms with Crippen molar-refractivity contribution in [3.8, 4) is 5.69 Å². The Morgan fingerprint density at radius 1 is 0.958 bits per heavy atom. The summed E-state index contributed by atoms with van der Waals surface area (Å²) in [5.74, 6) is -1.98. The van der Waals surface area contributed by atoms with Crippen LogP contribution in [-0.2, 0) is 0 Å². The number of nitrogens with zero attached hydrogens (tertiary/aromatic N) is 1. The first-order valence-corrected chi connectivity index (χ1v) is 6.96. The number of amides is 1. The number of anilines is 1. The van der Waals surface area contributed by atoms with Gasteiger partial charge in [0.2, 0.25) is 5.69 Å². The van der Waals surface area contributed by atoms with E-state index in [0.717, 1.165) is 17.8 Å². The molecule has 0 unspecified atom stereocenters. The minimum absolute atomic E-state index is 0. The predicted molar refractivity (Wildman–Crippen MR) is 82.3 cm³/mol. The van der Waals surface area contributed by atoms with Gasteiger partial charge in [0, 0.05) is 24.3 Å². The number of rotatable bonds is 3. The lowest BCUT2D eigenvalue weighted by Gasteiger charge is -2.06. The fourth-order valence-corrected chi connectivity index (χ4v) is 2.16. The molecular weight excluding hydrogens is 334 g/mol. The second kappa shape index (κ2) is 7.66. The molecular formula is C18H13ClF2N2O. The lowest BCUT2D eigenvalue weighted by molar-refractivity contribution is -0.595. The molecule has 1 aromatic heterocycles. The van der Waals surface area contributed by atoms with Gasteiger partial charge < -0.3 is 17.7 Å². The molecule has 2 aromatic carbocycles. The number of nitrogens with one attached hydrogen (secondary N) is 1. The average Bonchev–Trinajstić information content (AvgIpc) is 2.58. The number of hydrogen-bond acceptors (Lipinski definition) is 1. The van der Waals surface area contributed by atoms with Crippen LogP contribution < -0.4 is 22.3 Å². The number of benzene rings is 2. The summed E-state index contributed by atoms with van der Waals surface area (Å²) in [5.41, 5.74) is 1.20. The van der Waals surface area contributed by atoms with Crippen LogP contribution in [-0.4, -0.2) is 5.91 Å².